The van der Waals surface area contributed by atoms with Crippen LogP contribution in [0.3, 0.4) is 0 Å². The number of rotatable bonds is 1. The molecule has 4 heteroatoms. The first kappa shape index (κ1) is 11.3. The van der Waals surface area contributed by atoms with Gasteiger partial charge in [-0.2, -0.15) is 0 Å². The van der Waals surface area contributed by atoms with Crippen molar-refractivity contribution in [1.82, 2.24) is 4.98 Å². The summed E-state index contributed by atoms with van der Waals surface area (Å²) in [6.07, 6.45) is 1.52. The van der Waals surface area contributed by atoms with Crippen LogP contribution in [-0.2, 0) is 0 Å². The minimum absolute atomic E-state index is 0.0551. The van der Waals surface area contributed by atoms with Crippen LogP contribution in [0.2, 0.25) is 5.02 Å². The summed E-state index contributed by atoms with van der Waals surface area (Å²) in [5.74, 6) is 0.455. The van der Waals surface area contributed by atoms with Crippen LogP contribution in [0.5, 0.6) is 0 Å². The van der Waals surface area contributed by atoms with E-state index in [1.165, 1.54) is 6.20 Å². The molecule has 4 N–H and O–H groups in total. The second kappa shape index (κ2) is 3.75. The van der Waals surface area contributed by atoms with Gasteiger partial charge in [0, 0.05) is 17.8 Å². The number of aromatic nitrogens is 1. The first-order valence-corrected chi connectivity index (χ1v) is 4.86. The van der Waals surface area contributed by atoms with Gasteiger partial charge in [0.2, 0.25) is 0 Å². The third-order valence-electron chi connectivity index (χ3n) is 2.18. The van der Waals surface area contributed by atoms with Crippen LogP contribution < -0.4 is 11.5 Å². The van der Waals surface area contributed by atoms with Crippen molar-refractivity contribution in [2.45, 2.75) is 26.8 Å². The Labute approximate surface area is 89.5 Å². The van der Waals surface area contributed by atoms with E-state index in [0.29, 0.717) is 10.8 Å². The van der Waals surface area contributed by atoms with Gasteiger partial charge in [-0.1, -0.05) is 32.4 Å². The van der Waals surface area contributed by atoms with Crippen LogP contribution in [0.15, 0.2) is 12.3 Å². The molecule has 1 unspecified atom stereocenters. The highest BCUT2D eigenvalue weighted by atomic mass is 35.5. The quantitative estimate of drug-likeness (QED) is 0.753. The van der Waals surface area contributed by atoms with Crippen LogP contribution in [-0.4, -0.2) is 4.98 Å². The summed E-state index contributed by atoms with van der Waals surface area (Å²) < 4.78 is 0. The molecule has 0 aliphatic rings. The fourth-order valence-corrected chi connectivity index (χ4v) is 1.35. The van der Waals surface area contributed by atoms with Crippen molar-refractivity contribution < 1.29 is 0 Å². The maximum Gasteiger partial charge on any atom is 0.128 e. The van der Waals surface area contributed by atoms with Gasteiger partial charge >= 0.3 is 0 Å². The normalized spacial score (nSPS) is 14.1. The highest BCUT2D eigenvalue weighted by Gasteiger charge is 2.24. The van der Waals surface area contributed by atoms with E-state index in [2.05, 4.69) is 25.8 Å². The third kappa shape index (κ3) is 2.36. The molecule has 0 spiro atoms. The van der Waals surface area contributed by atoms with Crippen molar-refractivity contribution >= 4 is 17.4 Å². The van der Waals surface area contributed by atoms with E-state index in [1.807, 2.05) is 0 Å². The van der Waals surface area contributed by atoms with Crippen molar-refractivity contribution in [1.29, 1.82) is 0 Å². The lowest BCUT2D eigenvalue weighted by molar-refractivity contribution is 0.327. The lowest BCUT2D eigenvalue weighted by Gasteiger charge is -2.27. The number of anilines is 1. The van der Waals surface area contributed by atoms with E-state index in [1.54, 1.807) is 6.07 Å². The topological polar surface area (TPSA) is 64.9 Å². The van der Waals surface area contributed by atoms with Gasteiger partial charge in [-0.15, -0.1) is 0 Å². The molecule has 14 heavy (non-hydrogen) atoms. The highest BCUT2D eigenvalue weighted by molar-refractivity contribution is 6.30. The highest BCUT2D eigenvalue weighted by Crippen LogP contribution is 2.33. The van der Waals surface area contributed by atoms with Crippen molar-refractivity contribution in [3.63, 3.8) is 0 Å². The SMILES string of the molecule is CC(C)(C)C(N)c1cc(Cl)cnc1N. The molecule has 1 heterocycles. The van der Waals surface area contributed by atoms with Crippen LogP contribution >= 0.6 is 11.6 Å². The number of halogens is 1. The maximum atomic E-state index is 6.06. The average molecular weight is 214 g/mol. The minimum atomic E-state index is -0.159. The Morgan fingerprint density at radius 3 is 2.50 bits per heavy atom. The van der Waals surface area contributed by atoms with Crippen LogP contribution in [0.4, 0.5) is 5.82 Å². The van der Waals surface area contributed by atoms with E-state index < -0.39 is 0 Å². The largest absolute Gasteiger partial charge is 0.383 e. The Morgan fingerprint density at radius 1 is 1.43 bits per heavy atom. The molecule has 0 saturated heterocycles. The molecule has 0 amide bonds. The molecule has 0 bridgehead atoms. The maximum absolute atomic E-state index is 6.06. The number of hydrogen-bond donors (Lipinski definition) is 2. The number of nitrogens with two attached hydrogens (primary N) is 2. The predicted octanol–water partition coefficient (Wildman–Crippen LogP) is 2.36. The summed E-state index contributed by atoms with van der Waals surface area (Å²) in [6, 6.07) is 1.62. The first-order chi connectivity index (χ1) is 6.32. The standard InChI is InChI=1S/C10H16ClN3/c1-10(2,3)8(12)7-4-6(11)5-14-9(7)13/h4-5,8H,12H2,1-3H3,(H2,13,14). The zero-order chi connectivity index (χ0) is 10.9. The summed E-state index contributed by atoms with van der Waals surface area (Å²) >= 11 is 5.84. The summed E-state index contributed by atoms with van der Waals surface area (Å²) in [5, 5.41) is 0.564. The van der Waals surface area contributed by atoms with E-state index in [9.17, 15) is 0 Å². The second-order valence-corrected chi connectivity index (χ2v) is 4.91. The Kier molecular flexibility index (Phi) is 3.02. The molecule has 0 aliphatic heterocycles. The fourth-order valence-electron chi connectivity index (χ4n) is 1.18. The van der Waals surface area contributed by atoms with Gasteiger partial charge < -0.3 is 11.5 Å². The molecule has 3 nitrogen and oxygen atoms in total. The molecule has 1 aromatic rings. The molecule has 78 valence electrons. The Bertz CT molecular complexity index is 331. The second-order valence-electron chi connectivity index (χ2n) is 4.47. The van der Waals surface area contributed by atoms with Gasteiger partial charge in [0.25, 0.3) is 0 Å². The molecule has 0 aliphatic carbocycles. The molecule has 1 rings (SSSR count). The molecular weight excluding hydrogens is 198 g/mol. The summed E-state index contributed by atoms with van der Waals surface area (Å²) in [6.45, 7) is 6.16. The van der Waals surface area contributed by atoms with Crippen molar-refractivity contribution in [2.75, 3.05) is 5.73 Å². The zero-order valence-electron chi connectivity index (χ0n) is 8.71. The lowest BCUT2D eigenvalue weighted by atomic mass is 9.83. The fraction of sp³-hybridized carbons (Fsp3) is 0.500. The Hall–Kier alpha value is -0.800. The summed E-state index contributed by atoms with van der Waals surface area (Å²) in [7, 11) is 0. The third-order valence-corrected chi connectivity index (χ3v) is 2.39. The van der Waals surface area contributed by atoms with Crippen LogP contribution in [0.1, 0.15) is 32.4 Å². The summed E-state index contributed by atoms with van der Waals surface area (Å²) in [5.41, 5.74) is 12.6. The smallest absolute Gasteiger partial charge is 0.128 e. The predicted molar refractivity (Wildman–Crippen MR) is 60.0 cm³/mol. The number of nitrogen functional groups attached to an aromatic ring is 1. The van der Waals surface area contributed by atoms with Crippen molar-refractivity contribution in [2.24, 2.45) is 11.1 Å². The minimum Gasteiger partial charge on any atom is -0.383 e. The van der Waals surface area contributed by atoms with Gasteiger partial charge in [0.1, 0.15) is 5.82 Å². The molecule has 0 saturated carbocycles. The van der Waals surface area contributed by atoms with Crippen LogP contribution in [0, 0.1) is 5.41 Å². The molecule has 0 radical (unpaired) electrons. The number of nitrogens with zero attached hydrogens (tertiary/aromatic N) is 1. The van der Waals surface area contributed by atoms with Gasteiger partial charge in [-0.25, -0.2) is 4.98 Å². The van der Waals surface area contributed by atoms with E-state index in [4.69, 9.17) is 23.1 Å². The van der Waals surface area contributed by atoms with Gasteiger partial charge in [-0.3, -0.25) is 0 Å². The molecular formula is C10H16ClN3. The molecule has 0 fully saturated rings. The van der Waals surface area contributed by atoms with Gasteiger partial charge in [0.15, 0.2) is 0 Å². The number of hydrogen-bond acceptors (Lipinski definition) is 3. The van der Waals surface area contributed by atoms with Gasteiger partial charge in [-0.05, 0) is 11.5 Å². The van der Waals surface area contributed by atoms with E-state index >= 15 is 0 Å². The first-order valence-electron chi connectivity index (χ1n) is 4.49. The molecule has 1 atom stereocenters. The van der Waals surface area contributed by atoms with Crippen molar-refractivity contribution in [3.8, 4) is 0 Å². The van der Waals surface area contributed by atoms with Gasteiger partial charge in [0.05, 0.1) is 5.02 Å². The lowest BCUT2D eigenvalue weighted by Crippen LogP contribution is -2.27. The number of pyridine rings is 1. The average Bonchev–Trinajstić information content (AvgIpc) is 2.06. The van der Waals surface area contributed by atoms with E-state index in [0.717, 1.165) is 5.56 Å². The zero-order valence-corrected chi connectivity index (χ0v) is 9.47. The summed E-state index contributed by atoms with van der Waals surface area (Å²) in [4.78, 5) is 3.98. The molecule has 0 aromatic carbocycles. The Morgan fingerprint density at radius 2 is 2.00 bits per heavy atom. The van der Waals surface area contributed by atoms with E-state index in [-0.39, 0.29) is 11.5 Å². The van der Waals surface area contributed by atoms with Crippen LogP contribution in [0.25, 0.3) is 0 Å². The molecule has 1 aromatic heterocycles. The van der Waals surface area contributed by atoms with Crippen molar-refractivity contribution in [3.05, 3.63) is 22.8 Å². The Balaban J connectivity index is 3.12. The monoisotopic (exact) mass is 213 g/mol.